The molecule has 20 heavy (non-hydrogen) atoms. The van der Waals surface area contributed by atoms with E-state index in [9.17, 15) is 9.90 Å². The lowest BCUT2D eigenvalue weighted by Crippen LogP contribution is -1.99. The minimum absolute atomic E-state index is 0.0925. The van der Waals surface area contributed by atoms with Crippen molar-refractivity contribution in [2.24, 2.45) is 5.92 Å². The standard InChI is InChI=1S/C15H17ClO2.CH4O/c16-14-6-2-11(3-7-14)9-13-5-1-12(10-17)4-8-15(13)18;1-2/h2-3,6-7,10,12,18H,1,4-5,8-9H2;2H,1H3. The van der Waals surface area contributed by atoms with Crippen LogP contribution in [0.2, 0.25) is 5.02 Å². The van der Waals surface area contributed by atoms with Crippen molar-refractivity contribution >= 4 is 17.9 Å². The fourth-order valence-electron chi connectivity index (χ4n) is 2.32. The Morgan fingerprint density at radius 1 is 1.20 bits per heavy atom. The van der Waals surface area contributed by atoms with E-state index in [1.165, 1.54) is 0 Å². The predicted octanol–water partition coefficient (Wildman–Crippen LogP) is 3.69. The number of aliphatic hydroxyl groups is 2. The van der Waals surface area contributed by atoms with Gasteiger partial charge in [-0.25, -0.2) is 0 Å². The molecule has 0 fully saturated rings. The SMILES string of the molecule is CO.O=CC1CCC(O)=C(Cc2ccc(Cl)cc2)CC1. The van der Waals surface area contributed by atoms with E-state index in [-0.39, 0.29) is 5.92 Å². The van der Waals surface area contributed by atoms with Gasteiger partial charge in [-0.2, -0.15) is 0 Å². The molecule has 0 amide bonds. The molecule has 3 nitrogen and oxygen atoms in total. The fraction of sp³-hybridized carbons (Fsp3) is 0.438. The monoisotopic (exact) mass is 296 g/mol. The zero-order chi connectivity index (χ0) is 15.0. The number of hydrogen-bond donors (Lipinski definition) is 2. The Morgan fingerprint density at radius 2 is 1.80 bits per heavy atom. The third kappa shape index (κ3) is 4.99. The highest BCUT2D eigenvalue weighted by Crippen LogP contribution is 2.28. The van der Waals surface area contributed by atoms with Crippen LogP contribution >= 0.6 is 11.6 Å². The summed E-state index contributed by atoms with van der Waals surface area (Å²) in [7, 11) is 1.00. The summed E-state index contributed by atoms with van der Waals surface area (Å²) in [4.78, 5) is 10.8. The van der Waals surface area contributed by atoms with Gasteiger partial charge in [0.1, 0.15) is 6.29 Å². The molecular formula is C16H21ClO3. The van der Waals surface area contributed by atoms with E-state index in [1.807, 2.05) is 24.3 Å². The van der Waals surface area contributed by atoms with Crippen molar-refractivity contribution in [2.75, 3.05) is 7.11 Å². The summed E-state index contributed by atoms with van der Waals surface area (Å²) in [6.07, 6.45) is 4.78. The van der Waals surface area contributed by atoms with Gasteiger partial charge in [-0.15, -0.1) is 0 Å². The molecular weight excluding hydrogens is 276 g/mol. The molecule has 0 saturated carbocycles. The number of benzene rings is 1. The smallest absolute Gasteiger partial charge is 0.123 e. The molecule has 1 aliphatic rings. The Labute approximate surface area is 124 Å². The van der Waals surface area contributed by atoms with Crippen LogP contribution in [0, 0.1) is 5.92 Å². The predicted molar refractivity (Wildman–Crippen MR) is 81.0 cm³/mol. The Morgan fingerprint density at radius 3 is 2.40 bits per heavy atom. The van der Waals surface area contributed by atoms with E-state index >= 15 is 0 Å². The minimum atomic E-state index is 0.0925. The van der Waals surface area contributed by atoms with Gasteiger partial charge < -0.3 is 15.0 Å². The Kier molecular flexibility index (Phi) is 7.34. The summed E-state index contributed by atoms with van der Waals surface area (Å²) in [5.74, 6) is 0.559. The van der Waals surface area contributed by atoms with Gasteiger partial charge in [0, 0.05) is 24.5 Å². The highest BCUT2D eigenvalue weighted by molar-refractivity contribution is 6.30. The summed E-state index contributed by atoms with van der Waals surface area (Å²) in [6.45, 7) is 0. The largest absolute Gasteiger partial charge is 0.512 e. The van der Waals surface area contributed by atoms with E-state index in [2.05, 4.69) is 0 Å². The number of hydrogen-bond acceptors (Lipinski definition) is 3. The molecule has 110 valence electrons. The second-order valence-electron chi connectivity index (χ2n) is 4.83. The lowest BCUT2D eigenvalue weighted by atomic mass is 9.98. The fourth-order valence-corrected chi connectivity index (χ4v) is 2.45. The summed E-state index contributed by atoms with van der Waals surface area (Å²) in [5.41, 5.74) is 2.20. The zero-order valence-corrected chi connectivity index (χ0v) is 12.4. The molecule has 0 saturated heterocycles. The van der Waals surface area contributed by atoms with E-state index in [0.717, 1.165) is 55.2 Å². The number of halogens is 1. The molecule has 0 aliphatic heterocycles. The molecule has 1 unspecified atom stereocenters. The van der Waals surface area contributed by atoms with Gasteiger partial charge in [0.2, 0.25) is 0 Å². The van der Waals surface area contributed by atoms with Crippen LogP contribution in [-0.4, -0.2) is 23.6 Å². The van der Waals surface area contributed by atoms with Crippen molar-refractivity contribution in [2.45, 2.75) is 32.1 Å². The molecule has 0 radical (unpaired) electrons. The van der Waals surface area contributed by atoms with Crippen LogP contribution in [0.4, 0.5) is 0 Å². The number of aldehydes is 1. The summed E-state index contributed by atoms with van der Waals surface area (Å²) in [6, 6.07) is 7.67. The second kappa shape index (κ2) is 8.77. The topological polar surface area (TPSA) is 57.5 Å². The van der Waals surface area contributed by atoms with Crippen molar-refractivity contribution in [1.82, 2.24) is 0 Å². The number of aliphatic hydroxyl groups excluding tert-OH is 2. The van der Waals surface area contributed by atoms with Crippen LogP contribution in [0.3, 0.4) is 0 Å². The van der Waals surface area contributed by atoms with Crippen molar-refractivity contribution < 1.29 is 15.0 Å². The van der Waals surface area contributed by atoms with E-state index < -0.39 is 0 Å². The lowest BCUT2D eigenvalue weighted by molar-refractivity contribution is -0.111. The molecule has 1 atom stereocenters. The van der Waals surface area contributed by atoms with Crippen molar-refractivity contribution in [3.8, 4) is 0 Å². The van der Waals surface area contributed by atoms with Gasteiger partial charge in [-0.3, -0.25) is 0 Å². The molecule has 0 aromatic heterocycles. The molecule has 2 N–H and O–H groups in total. The molecule has 1 aliphatic carbocycles. The number of allylic oxidation sites excluding steroid dienone is 2. The second-order valence-corrected chi connectivity index (χ2v) is 5.26. The lowest BCUT2D eigenvalue weighted by Gasteiger charge is -2.08. The number of rotatable bonds is 3. The van der Waals surface area contributed by atoms with Crippen LogP contribution in [-0.2, 0) is 11.2 Å². The average molecular weight is 297 g/mol. The molecule has 4 heteroatoms. The van der Waals surface area contributed by atoms with Gasteiger partial charge in [0.15, 0.2) is 0 Å². The maximum absolute atomic E-state index is 10.8. The Balaban J connectivity index is 0.000000956. The average Bonchev–Trinajstić information content (AvgIpc) is 2.66. The maximum atomic E-state index is 10.8. The Bertz CT molecular complexity index is 451. The van der Waals surface area contributed by atoms with Crippen molar-refractivity contribution in [1.29, 1.82) is 0 Å². The van der Waals surface area contributed by atoms with Gasteiger partial charge >= 0.3 is 0 Å². The van der Waals surface area contributed by atoms with Crippen LogP contribution in [0.15, 0.2) is 35.6 Å². The van der Waals surface area contributed by atoms with Crippen LogP contribution in [0.5, 0.6) is 0 Å². The van der Waals surface area contributed by atoms with Crippen molar-refractivity contribution in [3.05, 3.63) is 46.2 Å². The summed E-state index contributed by atoms with van der Waals surface area (Å²) >= 11 is 5.85. The Hall–Kier alpha value is -1.32. The first-order valence-electron chi connectivity index (χ1n) is 6.73. The number of carbonyl (C=O) groups excluding carboxylic acids is 1. The first-order chi connectivity index (χ1) is 9.69. The van der Waals surface area contributed by atoms with E-state index in [1.54, 1.807) is 0 Å². The van der Waals surface area contributed by atoms with Crippen LogP contribution in [0.1, 0.15) is 31.2 Å². The highest BCUT2D eigenvalue weighted by atomic mass is 35.5. The molecule has 0 heterocycles. The quantitative estimate of drug-likeness (QED) is 0.836. The molecule has 1 aromatic carbocycles. The van der Waals surface area contributed by atoms with Gasteiger partial charge in [-0.05, 0) is 49.0 Å². The molecule has 0 bridgehead atoms. The third-order valence-electron chi connectivity index (χ3n) is 3.50. The molecule has 0 spiro atoms. The van der Waals surface area contributed by atoms with E-state index in [0.29, 0.717) is 12.2 Å². The minimum Gasteiger partial charge on any atom is -0.512 e. The van der Waals surface area contributed by atoms with E-state index in [4.69, 9.17) is 16.7 Å². The zero-order valence-electron chi connectivity index (χ0n) is 11.7. The summed E-state index contributed by atoms with van der Waals surface area (Å²) in [5, 5.41) is 17.7. The first-order valence-corrected chi connectivity index (χ1v) is 7.11. The maximum Gasteiger partial charge on any atom is 0.123 e. The van der Waals surface area contributed by atoms with Gasteiger partial charge in [0.05, 0.1) is 5.76 Å². The van der Waals surface area contributed by atoms with Crippen LogP contribution in [0.25, 0.3) is 0 Å². The normalized spacial score (nSPS) is 18.9. The molecule has 2 rings (SSSR count). The van der Waals surface area contributed by atoms with Crippen LogP contribution < -0.4 is 0 Å². The van der Waals surface area contributed by atoms with Gasteiger partial charge in [0.25, 0.3) is 0 Å². The number of carbonyl (C=O) groups is 1. The highest BCUT2D eigenvalue weighted by Gasteiger charge is 2.17. The van der Waals surface area contributed by atoms with Gasteiger partial charge in [-0.1, -0.05) is 23.7 Å². The van der Waals surface area contributed by atoms with Crippen molar-refractivity contribution in [3.63, 3.8) is 0 Å². The first kappa shape index (κ1) is 16.7. The molecule has 1 aromatic rings. The summed E-state index contributed by atoms with van der Waals surface area (Å²) < 4.78 is 0. The third-order valence-corrected chi connectivity index (χ3v) is 3.75.